The number of aryl methyl sites for hydroxylation is 1. The minimum atomic E-state index is -1.12. The lowest BCUT2D eigenvalue weighted by atomic mass is 9.98. The van der Waals surface area contributed by atoms with Crippen molar-refractivity contribution in [1.29, 1.82) is 0 Å². The third-order valence-electron chi connectivity index (χ3n) is 2.76. The van der Waals surface area contributed by atoms with E-state index in [4.69, 9.17) is 17.3 Å². The Hall–Kier alpha value is -1.94. The van der Waals surface area contributed by atoms with Crippen molar-refractivity contribution in [2.45, 2.75) is 6.92 Å². The summed E-state index contributed by atoms with van der Waals surface area (Å²) in [6.07, 6.45) is 0. The molecule has 2 rings (SSSR count). The van der Waals surface area contributed by atoms with Gasteiger partial charge in [0, 0.05) is 16.8 Å². The van der Waals surface area contributed by atoms with Crippen LogP contribution in [0.5, 0.6) is 0 Å². The maximum absolute atomic E-state index is 13.2. The number of carbonyl (C=O) groups excluding carboxylic acids is 1. The van der Waals surface area contributed by atoms with E-state index in [2.05, 4.69) is 0 Å². The maximum atomic E-state index is 13.2. The number of rotatable bonds is 2. The van der Waals surface area contributed by atoms with Crippen LogP contribution in [0.1, 0.15) is 21.5 Å². The van der Waals surface area contributed by atoms with Gasteiger partial charge < -0.3 is 5.73 Å². The van der Waals surface area contributed by atoms with Gasteiger partial charge in [-0.25, -0.2) is 8.78 Å². The SMILES string of the molecule is Cc1ccc(N)cc1C(=O)c1cc(F)c(F)cc1Cl. The summed E-state index contributed by atoms with van der Waals surface area (Å²) in [7, 11) is 0. The summed E-state index contributed by atoms with van der Waals surface area (Å²) < 4.78 is 26.2. The summed E-state index contributed by atoms with van der Waals surface area (Å²) >= 11 is 5.78. The molecule has 2 N–H and O–H groups in total. The molecule has 0 aliphatic rings. The number of carbonyl (C=O) groups is 1. The molecule has 0 atom stereocenters. The molecule has 2 aromatic carbocycles. The third-order valence-corrected chi connectivity index (χ3v) is 3.07. The topological polar surface area (TPSA) is 43.1 Å². The molecule has 0 amide bonds. The minimum Gasteiger partial charge on any atom is -0.399 e. The molecule has 98 valence electrons. The highest BCUT2D eigenvalue weighted by atomic mass is 35.5. The summed E-state index contributed by atoms with van der Waals surface area (Å²) in [6, 6.07) is 6.39. The number of hydrogen-bond acceptors (Lipinski definition) is 2. The van der Waals surface area contributed by atoms with Crippen molar-refractivity contribution in [3.63, 3.8) is 0 Å². The summed E-state index contributed by atoms with van der Waals surface area (Å²) in [5.41, 5.74) is 6.93. The smallest absolute Gasteiger partial charge is 0.194 e. The van der Waals surface area contributed by atoms with Gasteiger partial charge in [-0.05, 0) is 36.8 Å². The molecule has 0 saturated carbocycles. The quantitative estimate of drug-likeness (QED) is 0.518. The van der Waals surface area contributed by atoms with Crippen molar-refractivity contribution in [1.82, 2.24) is 0 Å². The zero-order valence-corrected chi connectivity index (χ0v) is 10.8. The van der Waals surface area contributed by atoms with Crippen molar-refractivity contribution >= 4 is 23.1 Å². The first-order valence-corrected chi connectivity index (χ1v) is 5.83. The molecule has 19 heavy (non-hydrogen) atoms. The van der Waals surface area contributed by atoms with Crippen LogP contribution in [0.2, 0.25) is 5.02 Å². The lowest BCUT2D eigenvalue weighted by molar-refractivity contribution is 0.103. The molecule has 5 heteroatoms. The second-order valence-corrected chi connectivity index (χ2v) is 4.56. The van der Waals surface area contributed by atoms with Gasteiger partial charge in [0.15, 0.2) is 17.4 Å². The summed E-state index contributed by atoms with van der Waals surface area (Å²) in [5, 5.41) is -0.134. The van der Waals surface area contributed by atoms with E-state index in [0.29, 0.717) is 16.8 Å². The van der Waals surface area contributed by atoms with Gasteiger partial charge >= 0.3 is 0 Å². The number of hydrogen-bond donors (Lipinski definition) is 1. The normalized spacial score (nSPS) is 10.5. The van der Waals surface area contributed by atoms with E-state index in [1.807, 2.05) is 0 Å². The highest BCUT2D eigenvalue weighted by Crippen LogP contribution is 2.25. The second-order valence-electron chi connectivity index (χ2n) is 4.15. The van der Waals surface area contributed by atoms with Gasteiger partial charge in [0.2, 0.25) is 0 Å². The molecule has 0 saturated heterocycles. The van der Waals surface area contributed by atoms with Gasteiger partial charge in [0.1, 0.15) is 0 Å². The summed E-state index contributed by atoms with van der Waals surface area (Å²) in [4.78, 5) is 12.3. The third kappa shape index (κ3) is 2.58. The van der Waals surface area contributed by atoms with E-state index in [9.17, 15) is 13.6 Å². The number of nitrogens with two attached hydrogens (primary N) is 1. The Bertz CT molecular complexity index is 671. The molecule has 0 radical (unpaired) electrons. The molecule has 0 bridgehead atoms. The number of halogens is 3. The Morgan fingerprint density at radius 3 is 2.42 bits per heavy atom. The Morgan fingerprint density at radius 1 is 1.11 bits per heavy atom. The zero-order valence-electron chi connectivity index (χ0n) is 10.0. The lowest BCUT2D eigenvalue weighted by Crippen LogP contribution is -2.06. The lowest BCUT2D eigenvalue weighted by Gasteiger charge is -2.08. The number of nitrogen functional groups attached to an aromatic ring is 1. The van der Waals surface area contributed by atoms with Crippen LogP contribution < -0.4 is 5.73 Å². The Balaban J connectivity index is 2.56. The summed E-state index contributed by atoms with van der Waals surface area (Å²) in [5.74, 6) is -2.70. The Morgan fingerprint density at radius 2 is 1.74 bits per heavy atom. The van der Waals surface area contributed by atoms with E-state index in [1.165, 1.54) is 6.07 Å². The molecule has 0 aromatic heterocycles. The van der Waals surface area contributed by atoms with E-state index in [0.717, 1.165) is 12.1 Å². The zero-order chi connectivity index (χ0) is 14.2. The van der Waals surface area contributed by atoms with Gasteiger partial charge in [-0.3, -0.25) is 4.79 Å². The monoisotopic (exact) mass is 281 g/mol. The van der Waals surface area contributed by atoms with Gasteiger partial charge in [-0.15, -0.1) is 0 Å². The van der Waals surface area contributed by atoms with Crippen LogP contribution in [0.3, 0.4) is 0 Å². The van der Waals surface area contributed by atoms with Crippen LogP contribution in [0.15, 0.2) is 30.3 Å². The van der Waals surface area contributed by atoms with Crippen LogP contribution >= 0.6 is 11.6 Å². The van der Waals surface area contributed by atoms with Crippen molar-refractivity contribution in [3.8, 4) is 0 Å². The molecule has 2 nitrogen and oxygen atoms in total. The van der Waals surface area contributed by atoms with Gasteiger partial charge in [0.25, 0.3) is 0 Å². The fraction of sp³-hybridized carbons (Fsp3) is 0.0714. The van der Waals surface area contributed by atoms with Gasteiger partial charge in [-0.2, -0.15) is 0 Å². The van der Waals surface area contributed by atoms with Crippen LogP contribution in [-0.2, 0) is 0 Å². The second kappa shape index (κ2) is 4.97. The molecule has 0 unspecified atom stereocenters. The predicted molar refractivity (Wildman–Crippen MR) is 70.4 cm³/mol. The number of anilines is 1. The molecule has 0 heterocycles. The molecular formula is C14H10ClF2NO. The van der Waals surface area contributed by atoms with E-state index in [1.54, 1.807) is 19.1 Å². The van der Waals surface area contributed by atoms with E-state index >= 15 is 0 Å². The first-order chi connectivity index (χ1) is 8.90. The molecule has 0 aliphatic carbocycles. The van der Waals surface area contributed by atoms with Gasteiger partial charge in [0.05, 0.1) is 5.02 Å². The van der Waals surface area contributed by atoms with Crippen LogP contribution in [0.25, 0.3) is 0 Å². The highest BCUT2D eigenvalue weighted by molar-refractivity contribution is 6.35. The highest BCUT2D eigenvalue weighted by Gasteiger charge is 2.18. The molecule has 0 fully saturated rings. The largest absolute Gasteiger partial charge is 0.399 e. The van der Waals surface area contributed by atoms with Gasteiger partial charge in [-0.1, -0.05) is 17.7 Å². The van der Waals surface area contributed by atoms with Crippen molar-refractivity contribution in [3.05, 3.63) is 63.7 Å². The fourth-order valence-corrected chi connectivity index (χ4v) is 1.96. The molecular weight excluding hydrogens is 272 g/mol. The van der Waals surface area contributed by atoms with Crippen LogP contribution in [0.4, 0.5) is 14.5 Å². The predicted octanol–water partition coefficient (Wildman–Crippen LogP) is 3.74. The van der Waals surface area contributed by atoms with Crippen LogP contribution in [0, 0.1) is 18.6 Å². The van der Waals surface area contributed by atoms with E-state index in [-0.39, 0.29) is 10.6 Å². The fourth-order valence-electron chi connectivity index (χ4n) is 1.73. The van der Waals surface area contributed by atoms with Crippen molar-refractivity contribution in [2.75, 3.05) is 5.73 Å². The van der Waals surface area contributed by atoms with Crippen molar-refractivity contribution < 1.29 is 13.6 Å². The molecule has 0 aliphatic heterocycles. The minimum absolute atomic E-state index is 0.0886. The molecule has 0 spiro atoms. The summed E-state index contributed by atoms with van der Waals surface area (Å²) in [6.45, 7) is 1.72. The molecule has 2 aromatic rings. The first-order valence-electron chi connectivity index (χ1n) is 5.45. The number of ketones is 1. The van der Waals surface area contributed by atoms with Crippen LogP contribution in [-0.4, -0.2) is 5.78 Å². The average Bonchev–Trinajstić information content (AvgIpc) is 2.36. The maximum Gasteiger partial charge on any atom is 0.194 e. The van der Waals surface area contributed by atoms with Crippen molar-refractivity contribution in [2.24, 2.45) is 0 Å². The Labute approximate surface area is 113 Å². The first kappa shape index (κ1) is 13.5. The number of benzene rings is 2. The Kier molecular flexibility index (Phi) is 3.53. The van der Waals surface area contributed by atoms with E-state index < -0.39 is 17.4 Å². The average molecular weight is 282 g/mol. The standard InChI is InChI=1S/C14H10ClF2NO/c1-7-2-3-8(18)4-9(7)14(19)10-5-12(16)13(17)6-11(10)15/h2-6H,18H2,1H3.